The van der Waals surface area contributed by atoms with Gasteiger partial charge in [0, 0.05) is 5.71 Å². The molecule has 1 atom stereocenters. The second-order valence-electron chi connectivity index (χ2n) is 5.65. The van der Waals surface area contributed by atoms with Gasteiger partial charge in [-0.2, -0.15) is 0 Å². The molecule has 0 bridgehead atoms. The molecule has 0 saturated heterocycles. The first-order valence-electron chi connectivity index (χ1n) is 6.89. The van der Waals surface area contributed by atoms with E-state index in [-0.39, 0.29) is 5.54 Å². The van der Waals surface area contributed by atoms with Crippen LogP contribution in [-0.2, 0) is 5.54 Å². The first kappa shape index (κ1) is 10.3. The minimum atomic E-state index is -0.111. The van der Waals surface area contributed by atoms with E-state index in [0.29, 0.717) is 0 Å². The second kappa shape index (κ2) is 3.44. The predicted molar refractivity (Wildman–Crippen MR) is 75.8 cm³/mol. The van der Waals surface area contributed by atoms with E-state index in [1.54, 1.807) is 0 Å². The molecule has 0 spiro atoms. The first-order chi connectivity index (χ1) is 8.79. The van der Waals surface area contributed by atoms with E-state index < -0.39 is 0 Å². The lowest BCUT2D eigenvalue weighted by Gasteiger charge is -2.29. The minimum Gasteiger partial charge on any atom is -0.274 e. The molecule has 18 heavy (non-hydrogen) atoms. The van der Waals surface area contributed by atoms with Crippen LogP contribution in [0, 0.1) is 0 Å². The average Bonchev–Trinajstić information content (AvgIpc) is 2.71. The summed E-state index contributed by atoms with van der Waals surface area (Å²) < 4.78 is 0. The molecule has 1 aliphatic heterocycles. The average molecular weight is 235 g/mol. The molecule has 0 amide bonds. The van der Waals surface area contributed by atoms with Crippen LogP contribution in [0.3, 0.4) is 0 Å². The van der Waals surface area contributed by atoms with Crippen molar-refractivity contribution in [1.29, 1.82) is 0 Å². The Hall–Kier alpha value is -1.63. The van der Waals surface area contributed by atoms with Gasteiger partial charge in [0.1, 0.15) is 5.54 Å². The molecule has 1 heteroatoms. The summed E-state index contributed by atoms with van der Waals surface area (Å²) in [5, 5.41) is 0. The van der Waals surface area contributed by atoms with E-state index in [4.69, 9.17) is 4.99 Å². The molecule has 2 aliphatic carbocycles. The van der Waals surface area contributed by atoms with Crippen LogP contribution in [0.25, 0.3) is 6.08 Å². The van der Waals surface area contributed by atoms with E-state index in [9.17, 15) is 0 Å². The van der Waals surface area contributed by atoms with Gasteiger partial charge in [-0.3, -0.25) is 4.99 Å². The topological polar surface area (TPSA) is 12.4 Å². The zero-order valence-electron chi connectivity index (χ0n) is 10.7. The summed E-state index contributed by atoms with van der Waals surface area (Å²) in [6.45, 7) is 2.28. The summed E-state index contributed by atoms with van der Waals surface area (Å²) in [6.07, 6.45) is 9.58. The van der Waals surface area contributed by atoms with Crippen LogP contribution in [-0.4, -0.2) is 5.71 Å². The number of allylic oxidation sites excluding steroid dienone is 1. The number of nitrogens with zero attached hydrogens (tertiary/aromatic N) is 1. The van der Waals surface area contributed by atoms with Crippen molar-refractivity contribution >= 4 is 11.8 Å². The fourth-order valence-electron chi connectivity index (χ4n) is 3.65. The van der Waals surface area contributed by atoms with Crippen LogP contribution in [0.4, 0.5) is 0 Å². The molecular formula is C17H17N. The number of hydrogen-bond acceptors (Lipinski definition) is 1. The molecule has 0 unspecified atom stereocenters. The molecule has 4 rings (SSSR count). The lowest BCUT2D eigenvalue weighted by molar-refractivity contribution is 0.611. The SMILES string of the molecule is C[C@]12N=C3CCCCC3=C1C=Cc1ccccc12. The van der Waals surface area contributed by atoms with Gasteiger partial charge in [-0.15, -0.1) is 0 Å². The van der Waals surface area contributed by atoms with E-state index in [1.165, 1.54) is 53.7 Å². The van der Waals surface area contributed by atoms with E-state index in [1.807, 2.05) is 0 Å². The van der Waals surface area contributed by atoms with Gasteiger partial charge in [0.15, 0.2) is 0 Å². The standard InChI is InChI=1S/C17H17N/c1-17-14-8-4-2-6-12(14)10-11-15(17)13-7-3-5-9-16(13)18-17/h2,4,6,8,10-11H,3,5,7,9H2,1H3/t17-/m1/s1. The van der Waals surface area contributed by atoms with Gasteiger partial charge in [-0.1, -0.05) is 36.4 Å². The summed E-state index contributed by atoms with van der Waals surface area (Å²) in [5.41, 5.74) is 6.95. The molecule has 1 aromatic rings. The maximum atomic E-state index is 5.10. The van der Waals surface area contributed by atoms with E-state index in [2.05, 4.69) is 43.3 Å². The Morgan fingerprint density at radius 3 is 2.83 bits per heavy atom. The third-order valence-electron chi connectivity index (χ3n) is 4.56. The van der Waals surface area contributed by atoms with E-state index in [0.717, 1.165) is 0 Å². The minimum absolute atomic E-state index is 0.111. The normalized spacial score (nSPS) is 28.6. The fraction of sp³-hybridized carbons (Fsp3) is 0.353. The number of rotatable bonds is 0. The number of benzene rings is 1. The third-order valence-corrected chi connectivity index (χ3v) is 4.56. The summed E-state index contributed by atoms with van der Waals surface area (Å²) >= 11 is 0. The van der Waals surface area contributed by atoms with Crippen molar-refractivity contribution in [1.82, 2.24) is 0 Å². The van der Waals surface area contributed by atoms with Crippen molar-refractivity contribution in [3.63, 3.8) is 0 Å². The van der Waals surface area contributed by atoms with Gasteiger partial charge < -0.3 is 0 Å². The van der Waals surface area contributed by atoms with Gasteiger partial charge >= 0.3 is 0 Å². The molecule has 1 nitrogen and oxygen atoms in total. The Balaban J connectivity index is 1.99. The quantitative estimate of drug-likeness (QED) is 0.637. The Labute approximate surface area is 108 Å². The van der Waals surface area contributed by atoms with Gasteiger partial charge in [0.25, 0.3) is 0 Å². The lowest BCUT2D eigenvalue weighted by Crippen LogP contribution is -2.22. The maximum Gasteiger partial charge on any atom is 0.109 e. The Morgan fingerprint density at radius 1 is 1.06 bits per heavy atom. The van der Waals surface area contributed by atoms with Gasteiger partial charge in [0.2, 0.25) is 0 Å². The second-order valence-corrected chi connectivity index (χ2v) is 5.65. The van der Waals surface area contributed by atoms with Gasteiger partial charge in [0.05, 0.1) is 0 Å². The number of aliphatic imine (C=N–C) groups is 1. The Morgan fingerprint density at radius 2 is 1.89 bits per heavy atom. The zero-order chi connectivity index (χ0) is 12.2. The van der Waals surface area contributed by atoms with Crippen LogP contribution >= 0.6 is 0 Å². The molecule has 90 valence electrons. The number of hydrogen-bond donors (Lipinski definition) is 0. The largest absolute Gasteiger partial charge is 0.274 e. The van der Waals surface area contributed by atoms with Crippen LogP contribution in [0.5, 0.6) is 0 Å². The Kier molecular flexibility index (Phi) is 1.97. The van der Waals surface area contributed by atoms with Crippen molar-refractivity contribution in [3.8, 4) is 0 Å². The maximum absolute atomic E-state index is 5.10. The van der Waals surface area contributed by atoms with Crippen LogP contribution < -0.4 is 0 Å². The van der Waals surface area contributed by atoms with Crippen molar-refractivity contribution in [2.75, 3.05) is 0 Å². The molecule has 1 heterocycles. The van der Waals surface area contributed by atoms with Crippen molar-refractivity contribution in [2.24, 2.45) is 4.99 Å². The predicted octanol–water partition coefficient (Wildman–Crippen LogP) is 4.25. The summed E-state index contributed by atoms with van der Waals surface area (Å²) in [5.74, 6) is 0. The highest BCUT2D eigenvalue weighted by molar-refractivity contribution is 6.05. The summed E-state index contributed by atoms with van der Waals surface area (Å²) in [6, 6.07) is 8.68. The fourth-order valence-corrected chi connectivity index (χ4v) is 3.65. The van der Waals surface area contributed by atoms with Gasteiger partial charge in [-0.25, -0.2) is 0 Å². The van der Waals surface area contributed by atoms with E-state index >= 15 is 0 Å². The monoisotopic (exact) mass is 235 g/mol. The molecular weight excluding hydrogens is 218 g/mol. The molecule has 1 aromatic carbocycles. The lowest BCUT2D eigenvalue weighted by atomic mass is 9.76. The molecule has 0 aromatic heterocycles. The van der Waals surface area contributed by atoms with Crippen molar-refractivity contribution < 1.29 is 0 Å². The summed E-state index contributed by atoms with van der Waals surface area (Å²) in [4.78, 5) is 5.10. The highest BCUT2D eigenvalue weighted by Gasteiger charge is 2.41. The smallest absolute Gasteiger partial charge is 0.109 e. The molecule has 0 N–H and O–H groups in total. The molecule has 0 radical (unpaired) electrons. The van der Waals surface area contributed by atoms with Gasteiger partial charge in [-0.05, 0) is 54.9 Å². The third kappa shape index (κ3) is 1.19. The van der Waals surface area contributed by atoms with Crippen LogP contribution in [0.1, 0.15) is 43.7 Å². The number of fused-ring (bicyclic) bond motifs is 4. The molecule has 3 aliphatic rings. The van der Waals surface area contributed by atoms with Crippen LogP contribution in [0.2, 0.25) is 0 Å². The Bertz CT molecular complexity index is 618. The molecule has 1 fully saturated rings. The zero-order valence-corrected chi connectivity index (χ0v) is 10.7. The molecule has 1 saturated carbocycles. The first-order valence-corrected chi connectivity index (χ1v) is 6.89. The van der Waals surface area contributed by atoms with Crippen molar-refractivity contribution in [3.05, 3.63) is 52.6 Å². The summed E-state index contributed by atoms with van der Waals surface area (Å²) in [7, 11) is 0. The van der Waals surface area contributed by atoms with Crippen LogP contribution in [0.15, 0.2) is 46.5 Å². The highest BCUT2D eigenvalue weighted by atomic mass is 14.9. The van der Waals surface area contributed by atoms with Crippen molar-refractivity contribution in [2.45, 2.75) is 38.1 Å². The highest BCUT2D eigenvalue weighted by Crippen LogP contribution is 2.48.